The quantitative estimate of drug-likeness (QED) is 0.774. The van der Waals surface area contributed by atoms with Crippen LogP contribution >= 0.6 is 0 Å². The van der Waals surface area contributed by atoms with Gasteiger partial charge in [0.15, 0.2) is 0 Å². The van der Waals surface area contributed by atoms with Gasteiger partial charge < -0.3 is 15.5 Å². The molecule has 1 aromatic heterocycles. The molecule has 0 aliphatic carbocycles. The van der Waals surface area contributed by atoms with Gasteiger partial charge in [-0.1, -0.05) is 19.1 Å². The van der Waals surface area contributed by atoms with Crippen molar-refractivity contribution in [2.45, 2.75) is 38.3 Å². The monoisotopic (exact) mass is 290 g/mol. The maximum absolute atomic E-state index is 13.2. The van der Waals surface area contributed by atoms with Crippen molar-refractivity contribution in [2.24, 2.45) is 5.73 Å². The number of hydrogen-bond donors (Lipinski definition) is 2. The van der Waals surface area contributed by atoms with Crippen LogP contribution in [-0.4, -0.2) is 6.54 Å². The van der Waals surface area contributed by atoms with E-state index >= 15 is 0 Å². The van der Waals surface area contributed by atoms with Crippen LogP contribution in [0.1, 0.15) is 49.4 Å². The topological polar surface area (TPSA) is 51.2 Å². The molecular formula is C17H23FN2O. The van der Waals surface area contributed by atoms with Crippen molar-refractivity contribution in [3.05, 3.63) is 59.8 Å². The van der Waals surface area contributed by atoms with Crippen LogP contribution in [0.3, 0.4) is 0 Å². The summed E-state index contributed by atoms with van der Waals surface area (Å²) in [6.45, 7) is 3.09. The van der Waals surface area contributed by atoms with E-state index in [0.29, 0.717) is 0 Å². The molecule has 0 saturated carbocycles. The fraction of sp³-hybridized carbons (Fsp3) is 0.412. The van der Waals surface area contributed by atoms with Crippen molar-refractivity contribution in [1.29, 1.82) is 0 Å². The van der Waals surface area contributed by atoms with Crippen LogP contribution in [0.5, 0.6) is 0 Å². The van der Waals surface area contributed by atoms with Gasteiger partial charge >= 0.3 is 0 Å². The minimum atomic E-state index is -0.238. The molecule has 0 radical (unpaired) electrons. The van der Waals surface area contributed by atoms with Gasteiger partial charge in [0.2, 0.25) is 0 Å². The predicted molar refractivity (Wildman–Crippen MR) is 82.3 cm³/mol. The largest absolute Gasteiger partial charge is 0.472 e. The first-order valence-corrected chi connectivity index (χ1v) is 7.47. The molecule has 4 heteroatoms. The first-order valence-electron chi connectivity index (χ1n) is 7.47. The highest BCUT2D eigenvalue weighted by molar-refractivity contribution is 5.20. The van der Waals surface area contributed by atoms with E-state index in [-0.39, 0.29) is 17.9 Å². The van der Waals surface area contributed by atoms with Crippen molar-refractivity contribution in [2.75, 3.05) is 6.54 Å². The summed E-state index contributed by atoms with van der Waals surface area (Å²) in [5.74, 6) is -0.238. The van der Waals surface area contributed by atoms with Gasteiger partial charge in [0, 0.05) is 17.6 Å². The molecule has 0 spiro atoms. The Morgan fingerprint density at radius 1 is 1.24 bits per heavy atom. The van der Waals surface area contributed by atoms with Crippen molar-refractivity contribution >= 4 is 0 Å². The van der Waals surface area contributed by atoms with Crippen molar-refractivity contribution < 1.29 is 8.81 Å². The second-order valence-electron chi connectivity index (χ2n) is 5.30. The Morgan fingerprint density at radius 2 is 2.10 bits per heavy atom. The summed E-state index contributed by atoms with van der Waals surface area (Å²) in [5.41, 5.74) is 8.15. The zero-order valence-corrected chi connectivity index (χ0v) is 12.4. The summed E-state index contributed by atoms with van der Waals surface area (Å²) in [6, 6.07) is 8.57. The standard InChI is InChI=1S/C17H23FN2O/c1-2-9-20-17(14-8-10-21-12-14)7-6-16(19)13-4-3-5-15(18)11-13/h3-5,8,10-12,16-17,20H,2,6-7,9,19H2,1H3. The first-order chi connectivity index (χ1) is 10.2. The lowest BCUT2D eigenvalue weighted by molar-refractivity contribution is 0.453. The molecule has 114 valence electrons. The molecule has 0 fully saturated rings. The van der Waals surface area contributed by atoms with Gasteiger partial charge in [-0.05, 0) is 49.6 Å². The molecule has 2 atom stereocenters. The van der Waals surface area contributed by atoms with Crippen LogP contribution in [0, 0.1) is 5.82 Å². The van der Waals surface area contributed by atoms with Gasteiger partial charge in [-0.3, -0.25) is 0 Å². The molecule has 0 saturated heterocycles. The van der Waals surface area contributed by atoms with Crippen molar-refractivity contribution in [1.82, 2.24) is 5.32 Å². The molecule has 0 amide bonds. The van der Waals surface area contributed by atoms with Crippen LogP contribution in [0.25, 0.3) is 0 Å². The molecule has 1 heterocycles. The van der Waals surface area contributed by atoms with Crippen molar-refractivity contribution in [3.8, 4) is 0 Å². The molecule has 2 rings (SSSR count). The summed E-state index contributed by atoms with van der Waals surface area (Å²) in [5, 5.41) is 3.50. The van der Waals surface area contributed by atoms with Gasteiger partial charge in [-0.25, -0.2) is 4.39 Å². The Bertz CT molecular complexity index is 527. The molecule has 1 aromatic carbocycles. The molecule has 0 aliphatic heterocycles. The molecule has 2 unspecified atom stereocenters. The van der Waals surface area contributed by atoms with E-state index in [1.165, 1.54) is 12.1 Å². The molecular weight excluding hydrogens is 267 g/mol. The molecule has 21 heavy (non-hydrogen) atoms. The zero-order chi connectivity index (χ0) is 15.1. The van der Waals surface area contributed by atoms with Crippen LogP contribution < -0.4 is 11.1 Å². The average Bonchev–Trinajstić information content (AvgIpc) is 3.01. The summed E-state index contributed by atoms with van der Waals surface area (Å²) in [6.07, 6.45) is 6.20. The first kappa shape index (κ1) is 15.7. The fourth-order valence-corrected chi connectivity index (χ4v) is 2.43. The second-order valence-corrected chi connectivity index (χ2v) is 5.30. The summed E-state index contributed by atoms with van der Waals surface area (Å²) in [4.78, 5) is 0. The summed E-state index contributed by atoms with van der Waals surface area (Å²) in [7, 11) is 0. The highest BCUT2D eigenvalue weighted by Gasteiger charge is 2.15. The smallest absolute Gasteiger partial charge is 0.123 e. The number of furan rings is 1. The minimum Gasteiger partial charge on any atom is -0.472 e. The zero-order valence-electron chi connectivity index (χ0n) is 12.4. The molecule has 0 bridgehead atoms. The van der Waals surface area contributed by atoms with Crippen LogP contribution in [0.15, 0.2) is 47.3 Å². The lowest BCUT2D eigenvalue weighted by Crippen LogP contribution is -2.23. The fourth-order valence-electron chi connectivity index (χ4n) is 2.43. The van der Waals surface area contributed by atoms with E-state index in [9.17, 15) is 4.39 Å². The Balaban J connectivity index is 1.94. The molecule has 3 nitrogen and oxygen atoms in total. The van der Waals surface area contributed by atoms with Gasteiger partial charge in [0.25, 0.3) is 0 Å². The Labute approximate surface area is 125 Å². The summed E-state index contributed by atoms with van der Waals surface area (Å²) >= 11 is 0. The number of nitrogens with one attached hydrogen (secondary N) is 1. The van der Waals surface area contributed by atoms with Gasteiger partial charge in [0.05, 0.1) is 12.5 Å². The van der Waals surface area contributed by atoms with Gasteiger partial charge in [-0.2, -0.15) is 0 Å². The summed E-state index contributed by atoms with van der Waals surface area (Å²) < 4.78 is 18.4. The highest BCUT2D eigenvalue weighted by Crippen LogP contribution is 2.24. The average molecular weight is 290 g/mol. The van der Waals surface area contributed by atoms with E-state index < -0.39 is 0 Å². The SMILES string of the molecule is CCCNC(CCC(N)c1cccc(F)c1)c1ccoc1. The third-order valence-electron chi connectivity index (χ3n) is 3.63. The van der Waals surface area contributed by atoms with E-state index in [0.717, 1.165) is 36.9 Å². The van der Waals surface area contributed by atoms with Crippen molar-refractivity contribution in [3.63, 3.8) is 0 Å². The maximum Gasteiger partial charge on any atom is 0.123 e. The van der Waals surface area contributed by atoms with Gasteiger partial charge in [0.1, 0.15) is 5.82 Å². The van der Waals surface area contributed by atoms with E-state index in [1.54, 1.807) is 18.6 Å². The highest BCUT2D eigenvalue weighted by atomic mass is 19.1. The van der Waals surface area contributed by atoms with Crippen LogP contribution in [0.2, 0.25) is 0 Å². The van der Waals surface area contributed by atoms with E-state index in [2.05, 4.69) is 12.2 Å². The number of nitrogens with two attached hydrogens (primary N) is 1. The normalized spacial score (nSPS) is 14.0. The lowest BCUT2D eigenvalue weighted by Gasteiger charge is -2.19. The van der Waals surface area contributed by atoms with E-state index in [4.69, 9.17) is 10.2 Å². The second kappa shape index (κ2) is 7.96. The van der Waals surface area contributed by atoms with Crippen LogP contribution in [-0.2, 0) is 0 Å². The van der Waals surface area contributed by atoms with Gasteiger partial charge in [-0.15, -0.1) is 0 Å². The lowest BCUT2D eigenvalue weighted by atomic mass is 9.97. The molecule has 0 aliphatic rings. The number of halogens is 1. The Hall–Kier alpha value is -1.65. The van der Waals surface area contributed by atoms with E-state index in [1.807, 2.05) is 12.1 Å². The Morgan fingerprint density at radius 3 is 2.76 bits per heavy atom. The molecule has 3 N–H and O–H groups in total. The van der Waals surface area contributed by atoms with Crippen LogP contribution in [0.4, 0.5) is 4.39 Å². The number of rotatable bonds is 8. The third kappa shape index (κ3) is 4.69. The third-order valence-corrected chi connectivity index (χ3v) is 3.63. The number of hydrogen-bond acceptors (Lipinski definition) is 3. The minimum absolute atomic E-state index is 0.154. The maximum atomic E-state index is 13.2. The Kier molecular flexibility index (Phi) is 5.96. The number of benzene rings is 1. The predicted octanol–water partition coefficient (Wildman–Crippen LogP) is 3.94. The molecule has 2 aromatic rings.